The number of hydrogen-bond acceptors (Lipinski definition) is 0. The Hall–Kier alpha value is -1.48. The van der Waals surface area contributed by atoms with Crippen LogP contribution in [0.2, 0.25) is 0 Å². The first-order valence-corrected chi connectivity index (χ1v) is 7.00. The van der Waals surface area contributed by atoms with Crippen molar-refractivity contribution < 1.29 is 8.78 Å². The Labute approximate surface area is 118 Å². The van der Waals surface area contributed by atoms with Crippen molar-refractivity contribution in [3.63, 3.8) is 0 Å². The Morgan fingerprint density at radius 2 is 1.32 bits per heavy atom. The van der Waals surface area contributed by atoms with Gasteiger partial charge < -0.3 is 0 Å². The van der Waals surface area contributed by atoms with Crippen molar-refractivity contribution in [3.8, 4) is 0 Å². The quantitative estimate of drug-likeness (QED) is 0.651. The zero-order valence-electron chi connectivity index (χ0n) is 10.1. The Morgan fingerprint density at radius 1 is 0.842 bits per heavy atom. The monoisotopic (exact) mass is 320 g/mol. The summed E-state index contributed by atoms with van der Waals surface area (Å²) >= 11 is 3.33. The van der Waals surface area contributed by atoms with E-state index >= 15 is 0 Å². The molecule has 0 aromatic heterocycles. The smallest absolute Gasteiger partial charge is 0.127 e. The highest BCUT2D eigenvalue weighted by molar-refractivity contribution is 9.11. The molecule has 0 nitrogen and oxygen atoms in total. The maximum atomic E-state index is 13.9. The van der Waals surface area contributed by atoms with Crippen molar-refractivity contribution in [2.24, 2.45) is 0 Å². The fraction of sp³-hybridized carbons (Fsp3) is 0.125. The molecule has 0 amide bonds. The third kappa shape index (κ3) is 2.02. The molecule has 3 heteroatoms. The van der Waals surface area contributed by atoms with Crippen LogP contribution in [-0.4, -0.2) is 0 Å². The second-order valence-electron chi connectivity index (χ2n) is 4.55. The van der Waals surface area contributed by atoms with Gasteiger partial charge in [-0.15, -0.1) is 0 Å². The van der Waals surface area contributed by atoms with Crippen molar-refractivity contribution in [2.75, 3.05) is 0 Å². The molecular weight excluding hydrogens is 310 g/mol. The van der Waals surface area contributed by atoms with Gasteiger partial charge in [0.1, 0.15) is 11.6 Å². The van der Waals surface area contributed by atoms with Crippen LogP contribution in [0.5, 0.6) is 0 Å². The zero-order valence-corrected chi connectivity index (χ0v) is 11.7. The molecule has 0 unspecified atom stereocenters. The van der Waals surface area contributed by atoms with Crippen LogP contribution < -0.4 is 0 Å². The summed E-state index contributed by atoms with van der Waals surface area (Å²) in [5.74, 6) is -0.449. The van der Waals surface area contributed by atoms with Crippen LogP contribution in [0.4, 0.5) is 8.78 Å². The number of hydrogen-bond donors (Lipinski definition) is 0. The maximum Gasteiger partial charge on any atom is 0.127 e. The van der Waals surface area contributed by atoms with Crippen LogP contribution in [0.1, 0.15) is 22.3 Å². The number of rotatable bonds is 0. The summed E-state index contributed by atoms with van der Waals surface area (Å²) in [6, 6.07) is 10.1. The molecule has 0 spiro atoms. The van der Waals surface area contributed by atoms with Crippen LogP contribution in [0.15, 0.2) is 41.4 Å². The van der Waals surface area contributed by atoms with E-state index in [0.717, 1.165) is 16.7 Å². The van der Waals surface area contributed by atoms with E-state index in [2.05, 4.69) is 15.9 Å². The molecule has 0 bridgehead atoms. The molecule has 3 rings (SSSR count). The van der Waals surface area contributed by atoms with E-state index in [4.69, 9.17) is 0 Å². The molecule has 19 heavy (non-hydrogen) atoms. The summed E-state index contributed by atoms with van der Waals surface area (Å²) in [7, 11) is 0. The second kappa shape index (κ2) is 4.89. The summed E-state index contributed by atoms with van der Waals surface area (Å²) in [5, 5.41) is 0. The van der Waals surface area contributed by atoms with E-state index < -0.39 is 0 Å². The third-order valence-electron chi connectivity index (χ3n) is 3.55. The van der Waals surface area contributed by atoms with Crippen molar-refractivity contribution in [2.45, 2.75) is 12.8 Å². The SMILES string of the molecule is Fc1cccc2c1CCc1c(F)cccc1C2=CBr. The molecule has 0 atom stereocenters. The van der Waals surface area contributed by atoms with Gasteiger partial charge in [0.05, 0.1) is 0 Å². The first-order valence-electron chi connectivity index (χ1n) is 6.08. The minimum absolute atomic E-state index is 0.224. The van der Waals surface area contributed by atoms with Crippen molar-refractivity contribution in [1.82, 2.24) is 0 Å². The number of fused-ring (bicyclic) bond motifs is 2. The summed E-state index contributed by atoms with van der Waals surface area (Å²) in [5.41, 5.74) is 3.82. The minimum atomic E-state index is -0.224. The van der Waals surface area contributed by atoms with E-state index in [1.165, 1.54) is 12.1 Å². The van der Waals surface area contributed by atoms with Gasteiger partial charge in [-0.25, -0.2) is 8.78 Å². The minimum Gasteiger partial charge on any atom is -0.207 e. The second-order valence-corrected chi connectivity index (χ2v) is 5.01. The average Bonchev–Trinajstić information content (AvgIpc) is 2.57. The molecule has 0 fully saturated rings. The largest absolute Gasteiger partial charge is 0.207 e. The lowest BCUT2D eigenvalue weighted by molar-refractivity contribution is 0.596. The Balaban J connectivity index is 2.31. The molecular formula is C16H11BrF2. The fourth-order valence-corrected chi connectivity index (χ4v) is 3.14. The fourth-order valence-electron chi connectivity index (χ4n) is 2.64. The molecule has 0 radical (unpaired) electrons. The van der Waals surface area contributed by atoms with Gasteiger partial charge in [0, 0.05) is 0 Å². The Morgan fingerprint density at radius 3 is 1.74 bits per heavy atom. The van der Waals surface area contributed by atoms with E-state index in [1.54, 1.807) is 17.1 Å². The lowest BCUT2D eigenvalue weighted by Crippen LogP contribution is -1.96. The van der Waals surface area contributed by atoms with E-state index in [0.29, 0.717) is 24.0 Å². The van der Waals surface area contributed by atoms with Crippen LogP contribution in [0.3, 0.4) is 0 Å². The molecule has 0 saturated carbocycles. The molecule has 2 aromatic rings. The highest BCUT2D eigenvalue weighted by Crippen LogP contribution is 2.36. The van der Waals surface area contributed by atoms with Crippen LogP contribution >= 0.6 is 15.9 Å². The van der Waals surface area contributed by atoms with Crippen LogP contribution in [0.25, 0.3) is 5.57 Å². The lowest BCUT2D eigenvalue weighted by Gasteiger charge is -2.11. The van der Waals surface area contributed by atoms with E-state index in [1.807, 2.05) is 12.1 Å². The molecule has 1 aliphatic carbocycles. The molecule has 0 aliphatic heterocycles. The van der Waals surface area contributed by atoms with E-state index in [-0.39, 0.29) is 11.6 Å². The van der Waals surface area contributed by atoms with Gasteiger partial charge in [-0.1, -0.05) is 40.2 Å². The summed E-state index contributed by atoms with van der Waals surface area (Å²) < 4.78 is 27.9. The van der Waals surface area contributed by atoms with Crippen molar-refractivity contribution in [1.29, 1.82) is 0 Å². The molecule has 1 aliphatic rings. The first-order chi connectivity index (χ1) is 9.22. The number of benzene rings is 2. The van der Waals surface area contributed by atoms with Crippen molar-refractivity contribution in [3.05, 3.63) is 75.3 Å². The van der Waals surface area contributed by atoms with Gasteiger partial charge >= 0.3 is 0 Å². The van der Waals surface area contributed by atoms with Gasteiger partial charge in [0.25, 0.3) is 0 Å². The van der Waals surface area contributed by atoms with Crippen molar-refractivity contribution >= 4 is 21.5 Å². The van der Waals surface area contributed by atoms with Gasteiger partial charge in [-0.3, -0.25) is 0 Å². The maximum absolute atomic E-state index is 13.9. The summed E-state index contributed by atoms with van der Waals surface area (Å²) in [6.45, 7) is 0. The first kappa shape index (κ1) is 12.5. The number of halogens is 3. The normalized spacial score (nSPS) is 13.5. The van der Waals surface area contributed by atoms with Crippen LogP contribution in [-0.2, 0) is 12.8 Å². The van der Waals surface area contributed by atoms with Gasteiger partial charge in [0.15, 0.2) is 0 Å². The Kier molecular flexibility index (Phi) is 3.23. The lowest BCUT2D eigenvalue weighted by atomic mass is 9.95. The summed E-state index contributed by atoms with van der Waals surface area (Å²) in [6.07, 6.45) is 1.03. The molecule has 0 saturated heterocycles. The van der Waals surface area contributed by atoms with Crippen LogP contribution in [0, 0.1) is 11.6 Å². The third-order valence-corrected chi connectivity index (χ3v) is 4.01. The highest BCUT2D eigenvalue weighted by Gasteiger charge is 2.21. The molecule has 96 valence electrons. The Bertz CT molecular complexity index is 619. The zero-order chi connectivity index (χ0) is 13.4. The van der Waals surface area contributed by atoms with Gasteiger partial charge in [-0.2, -0.15) is 0 Å². The van der Waals surface area contributed by atoms with Gasteiger partial charge in [0.2, 0.25) is 0 Å². The molecule has 0 N–H and O–H groups in total. The van der Waals surface area contributed by atoms with Gasteiger partial charge in [-0.05, 0) is 57.8 Å². The summed E-state index contributed by atoms with van der Waals surface area (Å²) in [4.78, 5) is 1.74. The average molecular weight is 321 g/mol. The standard InChI is InChI=1S/C16H11BrF2/c17-9-14-10-3-1-5-15(18)12(10)7-8-13-11(14)4-2-6-16(13)19/h1-6,9H,7-8H2. The predicted molar refractivity (Wildman–Crippen MR) is 76.2 cm³/mol. The molecule has 0 heterocycles. The van der Waals surface area contributed by atoms with E-state index in [9.17, 15) is 8.78 Å². The highest BCUT2D eigenvalue weighted by atomic mass is 79.9. The topological polar surface area (TPSA) is 0 Å². The molecule has 2 aromatic carbocycles. The predicted octanol–water partition coefficient (Wildman–Crippen LogP) is 4.85.